The van der Waals surface area contributed by atoms with Crippen LogP contribution in [0.15, 0.2) is 0 Å². The molecule has 88 valence electrons. The zero-order valence-corrected chi connectivity index (χ0v) is 10.2. The van der Waals surface area contributed by atoms with E-state index in [0.717, 1.165) is 11.8 Å². The topological polar surface area (TPSA) is 15.3 Å². The largest absolute Gasteiger partial charge is 0.316 e. The Morgan fingerprint density at radius 2 is 2.20 bits per heavy atom. The lowest BCUT2D eigenvalue weighted by Crippen LogP contribution is -2.37. The van der Waals surface area contributed by atoms with Gasteiger partial charge in [0.1, 0.15) is 0 Å². The highest BCUT2D eigenvalue weighted by Crippen LogP contribution is 2.19. The van der Waals surface area contributed by atoms with Crippen molar-refractivity contribution in [3.8, 4) is 0 Å². The van der Waals surface area contributed by atoms with Crippen molar-refractivity contribution in [3.05, 3.63) is 0 Å². The van der Waals surface area contributed by atoms with Crippen molar-refractivity contribution in [2.24, 2.45) is 11.8 Å². The predicted molar refractivity (Wildman–Crippen MR) is 65.0 cm³/mol. The molecule has 0 aliphatic carbocycles. The van der Waals surface area contributed by atoms with E-state index in [1.165, 1.54) is 64.8 Å². The number of nitrogens with one attached hydrogen (secondary N) is 1. The average Bonchev–Trinajstić information content (AvgIpc) is 2.28. The van der Waals surface area contributed by atoms with Crippen LogP contribution in [-0.2, 0) is 0 Å². The average molecular weight is 210 g/mol. The molecule has 2 heterocycles. The molecule has 2 aliphatic rings. The van der Waals surface area contributed by atoms with E-state index in [2.05, 4.69) is 17.1 Å². The fourth-order valence-electron chi connectivity index (χ4n) is 3.03. The Balaban J connectivity index is 1.63. The van der Waals surface area contributed by atoms with Crippen LogP contribution in [0.1, 0.15) is 39.0 Å². The molecule has 0 aromatic carbocycles. The van der Waals surface area contributed by atoms with Gasteiger partial charge in [0.2, 0.25) is 0 Å². The van der Waals surface area contributed by atoms with E-state index in [9.17, 15) is 0 Å². The fourth-order valence-corrected chi connectivity index (χ4v) is 3.03. The molecule has 0 aromatic rings. The smallest absolute Gasteiger partial charge is 0.000703 e. The van der Waals surface area contributed by atoms with Gasteiger partial charge in [0.25, 0.3) is 0 Å². The third-order valence-corrected chi connectivity index (χ3v) is 3.99. The van der Waals surface area contributed by atoms with Crippen LogP contribution in [0, 0.1) is 11.8 Å². The zero-order chi connectivity index (χ0) is 10.5. The maximum atomic E-state index is 3.51. The Hall–Kier alpha value is -0.0800. The van der Waals surface area contributed by atoms with Gasteiger partial charge in [-0.1, -0.05) is 6.92 Å². The fraction of sp³-hybridized carbons (Fsp3) is 1.00. The Kier molecular flexibility index (Phi) is 4.45. The first-order chi connectivity index (χ1) is 7.34. The number of piperidine rings is 2. The summed E-state index contributed by atoms with van der Waals surface area (Å²) in [5.41, 5.74) is 0. The van der Waals surface area contributed by atoms with Gasteiger partial charge in [0.15, 0.2) is 0 Å². The standard InChI is InChI=1S/C13H26N2/c1-12-4-3-8-15(11-12)9-6-13-5-2-7-14-10-13/h12-14H,2-11H2,1H3/t12-,13-/m1/s1. The number of likely N-dealkylation sites (tertiary alicyclic amines) is 1. The highest BCUT2D eigenvalue weighted by Gasteiger charge is 2.18. The Morgan fingerprint density at radius 1 is 1.27 bits per heavy atom. The lowest BCUT2D eigenvalue weighted by molar-refractivity contribution is 0.168. The summed E-state index contributed by atoms with van der Waals surface area (Å²) >= 11 is 0. The third kappa shape index (κ3) is 3.76. The van der Waals surface area contributed by atoms with Crippen LogP contribution in [0.2, 0.25) is 0 Å². The highest BCUT2D eigenvalue weighted by atomic mass is 15.1. The van der Waals surface area contributed by atoms with Gasteiger partial charge in [-0.05, 0) is 70.1 Å². The molecule has 15 heavy (non-hydrogen) atoms. The monoisotopic (exact) mass is 210 g/mol. The van der Waals surface area contributed by atoms with Crippen molar-refractivity contribution in [2.45, 2.75) is 39.0 Å². The van der Waals surface area contributed by atoms with Crippen molar-refractivity contribution >= 4 is 0 Å². The molecule has 2 fully saturated rings. The van der Waals surface area contributed by atoms with Crippen molar-refractivity contribution in [2.75, 3.05) is 32.7 Å². The number of nitrogens with zero attached hydrogens (tertiary/aromatic N) is 1. The molecule has 0 saturated carbocycles. The summed E-state index contributed by atoms with van der Waals surface area (Å²) in [6.45, 7) is 8.95. The van der Waals surface area contributed by atoms with Crippen molar-refractivity contribution in [3.63, 3.8) is 0 Å². The molecule has 1 N–H and O–H groups in total. The van der Waals surface area contributed by atoms with Crippen molar-refractivity contribution < 1.29 is 0 Å². The van der Waals surface area contributed by atoms with Crippen LogP contribution in [0.25, 0.3) is 0 Å². The Bertz CT molecular complexity index is 175. The molecule has 2 saturated heterocycles. The van der Waals surface area contributed by atoms with E-state index in [4.69, 9.17) is 0 Å². The second-order valence-electron chi connectivity index (χ2n) is 5.55. The minimum Gasteiger partial charge on any atom is -0.316 e. The summed E-state index contributed by atoms with van der Waals surface area (Å²) in [4.78, 5) is 2.68. The molecule has 0 unspecified atom stereocenters. The van der Waals surface area contributed by atoms with Gasteiger partial charge in [0.05, 0.1) is 0 Å². The summed E-state index contributed by atoms with van der Waals surface area (Å²) < 4.78 is 0. The summed E-state index contributed by atoms with van der Waals surface area (Å²) in [5.74, 6) is 1.89. The zero-order valence-electron chi connectivity index (χ0n) is 10.2. The molecule has 2 atom stereocenters. The minimum atomic E-state index is 0.934. The molecule has 2 rings (SSSR count). The molecule has 0 bridgehead atoms. The number of hydrogen-bond acceptors (Lipinski definition) is 2. The summed E-state index contributed by atoms with van der Waals surface area (Å²) in [7, 11) is 0. The first kappa shape index (κ1) is 11.4. The van der Waals surface area contributed by atoms with Gasteiger partial charge in [0, 0.05) is 6.54 Å². The summed E-state index contributed by atoms with van der Waals surface area (Å²) in [6, 6.07) is 0. The lowest BCUT2D eigenvalue weighted by atomic mass is 9.94. The number of hydrogen-bond donors (Lipinski definition) is 1. The van der Waals surface area contributed by atoms with Gasteiger partial charge in [-0.15, -0.1) is 0 Å². The van der Waals surface area contributed by atoms with Crippen LogP contribution in [-0.4, -0.2) is 37.6 Å². The quantitative estimate of drug-likeness (QED) is 0.767. The molecule has 0 spiro atoms. The molecule has 2 aliphatic heterocycles. The normalized spacial score (nSPS) is 34.2. The van der Waals surface area contributed by atoms with Crippen LogP contribution < -0.4 is 5.32 Å². The van der Waals surface area contributed by atoms with E-state index in [0.29, 0.717) is 0 Å². The van der Waals surface area contributed by atoms with E-state index < -0.39 is 0 Å². The van der Waals surface area contributed by atoms with E-state index in [1.54, 1.807) is 0 Å². The van der Waals surface area contributed by atoms with Gasteiger partial charge in [-0.2, -0.15) is 0 Å². The van der Waals surface area contributed by atoms with E-state index >= 15 is 0 Å². The predicted octanol–water partition coefficient (Wildman–Crippen LogP) is 2.11. The first-order valence-corrected chi connectivity index (χ1v) is 6.77. The third-order valence-electron chi connectivity index (χ3n) is 3.99. The van der Waals surface area contributed by atoms with Gasteiger partial charge >= 0.3 is 0 Å². The molecule has 2 heteroatoms. The molecular weight excluding hydrogens is 184 g/mol. The summed E-state index contributed by atoms with van der Waals surface area (Å²) in [6.07, 6.45) is 7.13. The molecule has 0 amide bonds. The Labute approximate surface area is 94.4 Å². The maximum absolute atomic E-state index is 3.51. The lowest BCUT2D eigenvalue weighted by Gasteiger charge is -2.32. The van der Waals surface area contributed by atoms with Crippen LogP contribution in [0.4, 0.5) is 0 Å². The second kappa shape index (κ2) is 5.86. The SMILES string of the molecule is C[C@@H]1CCCN(CC[C@H]2CCCNC2)C1. The molecular formula is C13H26N2. The van der Waals surface area contributed by atoms with Gasteiger partial charge in [-0.25, -0.2) is 0 Å². The number of rotatable bonds is 3. The molecule has 0 radical (unpaired) electrons. The maximum Gasteiger partial charge on any atom is 0.000703 e. The Morgan fingerprint density at radius 3 is 2.93 bits per heavy atom. The molecule has 0 aromatic heterocycles. The van der Waals surface area contributed by atoms with Crippen molar-refractivity contribution in [1.29, 1.82) is 0 Å². The highest BCUT2D eigenvalue weighted by molar-refractivity contribution is 4.74. The first-order valence-electron chi connectivity index (χ1n) is 6.77. The molecule has 2 nitrogen and oxygen atoms in total. The van der Waals surface area contributed by atoms with Gasteiger partial charge < -0.3 is 10.2 Å². The van der Waals surface area contributed by atoms with Crippen LogP contribution in [0.5, 0.6) is 0 Å². The summed E-state index contributed by atoms with van der Waals surface area (Å²) in [5, 5.41) is 3.51. The van der Waals surface area contributed by atoms with E-state index in [1.807, 2.05) is 0 Å². The van der Waals surface area contributed by atoms with Gasteiger partial charge in [-0.3, -0.25) is 0 Å². The second-order valence-corrected chi connectivity index (χ2v) is 5.55. The minimum absolute atomic E-state index is 0.934. The van der Waals surface area contributed by atoms with Crippen LogP contribution >= 0.6 is 0 Å². The van der Waals surface area contributed by atoms with Crippen molar-refractivity contribution in [1.82, 2.24) is 10.2 Å². The van der Waals surface area contributed by atoms with E-state index in [-0.39, 0.29) is 0 Å². The van der Waals surface area contributed by atoms with Crippen LogP contribution in [0.3, 0.4) is 0 Å².